The summed E-state index contributed by atoms with van der Waals surface area (Å²) in [4.78, 5) is 15.8. The lowest BCUT2D eigenvalue weighted by Crippen LogP contribution is -2.24. The van der Waals surface area contributed by atoms with Crippen molar-refractivity contribution in [3.8, 4) is 11.4 Å². The summed E-state index contributed by atoms with van der Waals surface area (Å²) in [6.07, 6.45) is 1.75. The smallest absolute Gasteiger partial charge is 0.356 e. The average Bonchev–Trinajstić information content (AvgIpc) is 2.80. The minimum atomic E-state index is -1.01. The minimum Gasteiger partial charge on any atom is -0.476 e. The predicted molar refractivity (Wildman–Crippen MR) is 75.5 cm³/mol. The largest absolute Gasteiger partial charge is 0.476 e. The lowest BCUT2D eigenvalue weighted by atomic mass is 10.0. The molecule has 2 aromatic rings. The van der Waals surface area contributed by atoms with Crippen LogP contribution in [-0.2, 0) is 6.54 Å². The zero-order valence-electron chi connectivity index (χ0n) is 11.3. The zero-order chi connectivity index (χ0) is 14.3. The Hall–Kier alpha value is -2.14. The van der Waals surface area contributed by atoms with Crippen LogP contribution in [0.4, 0.5) is 0 Å². The van der Waals surface area contributed by atoms with Crippen LogP contribution in [0.15, 0.2) is 24.3 Å². The SMILES string of the molecule is Cc1ccccc1-c1nc(C(=O)O)c2n1CCCC2N. The number of benzene rings is 1. The van der Waals surface area contributed by atoms with Crippen molar-refractivity contribution in [2.24, 2.45) is 5.73 Å². The van der Waals surface area contributed by atoms with Gasteiger partial charge in [0, 0.05) is 18.2 Å². The van der Waals surface area contributed by atoms with Crippen LogP contribution in [0.2, 0.25) is 0 Å². The predicted octanol–water partition coefficient (Wildman–Crippen LogP) is 2.35. The van der Waals surface area contributed by atoms with Gasteiger partial charge in [-0.3, -0.25) is 0 Å². The Balaban J connectivity index is 2.25. The zero-order valence-corrected chi connectivity index (χ0v) is 11.3. The molecule has 5 nitrogen and oxygen atoms in total. The molecule has 3 rings (SSSR count). The third kappa shape index (κ3) is 1.91. The van der Waals surface area contributed by atoms with E-state index >= 15 is 0 Å². The molecular weight excluding hydrogens is 254 g/mol. The maximum atomic E-state index is 11.4. The summed E-state index contributed by atoms with van der Waals surface area (Å²) < 4.78 is 1.97. The quantitative estimate of drug-likeness (QED) is 0.878. The van der Waals surface area contributed by atoms with Crippen LogP contribution in [-0.4, -0.2) is 20.6 Å². The molecule has 0 spiro atoms. The van der Waals surface area contributed by atoms with E-state index in [1.54, 1.807) is 0 Å². The molecule has 1 aliphatic heterocycles. The maximum Gasteiger partial charge on any atom is 0.356 e. The summed E-state index contributed by atoms with van der Waals surface area (Å²) in [5, 5.41) is 9.36. The normalized spacial score (nSPS) is 17.8. The highest BCUT2D eigenvalue weighted by atomic mass is 16.4. The van der Waals surface area contributed by atoms with E-state index in [9.17, 15) is 9.90 Å². The number of rotatable bonds is 2. The lowest BCUT2D eigenvalue weighted by Gasteiger charge is -2.23. The number of aromatic carboxylic acids is 1. The second-order valence-electron chi connectivity index (χ2n) is 5.19. The first-order chi connectivity index (χ1) is 9.59. The molecule has 104 valence electrons. The van der Waals surface area contributed by atoms with Crippen LogP contribution < -0.4 is 5.73 Å². The summed E-state index contributed by atoms with van der Waals surface area (Å²) in [5.41, 5.74) is 8.89. The van der Waals surface area contributed by atoms with Gasteiger partial charge in [0.1, 0.15) is 5.82 Å². The molecule has 2 heterocycles. The Morgan fingerprint density at radius 3 is 2.90 bits per heavy atom. The summed E-state index contributed by atoms with van der Waals surface area (Å²) >= 11 is 0. The van der Waals surface area contributed by atoms with Crippen LogP contribution in [0, 0.1) is 6.92 Å². The Morgan fingerprint density at radius 1 is 1.45 bits per heavy atom. The van der Waals surface area contributed by atoms with Crippen LogP contribution in [0.1, 0.15) is 40.6 Å². The van der Waals surface area contributed by atoms with Crippen molar-refractivity contribution in [1.29, 1.82) is 0 Å². The van der Waals surface area contributed by atoms with E-state index in [1.165, 1.54) is 0 Å². The van der Waals surface area contributed by atoms with Crippen LogP contribution >= 0.6 is 0 Å². The fourth-order valence-corrected chi connectivity index (χ4v) is 2.86. The number of nitrogens with two attached hydrogens (primary N) is 1. The van der Waals surface area contributed by atoms with Gasteiger partial charge in [-0.1, -0.05) is 24.3 Å². The first-order valence-corrected chi connectivity index (χ1v) is 6.75. The number of fused-ring (bicyclic) bond motifs is 1. The highest BCUT2D eigenvalue weighted by Crippen LogP contribution is 2.33. The van der Waals surface area contributed by atoms with Crippen molar-refractivity contribution >= 4 is 5.97 Å². The molecule has 0 aliphatic carbocycles. The summed E-state index contributed by atoms with van der Waals surface area (Å²) in [5.74, 6) is -0.295. The fourth-order valence-electron chi connectivity index (χ4n) is 2.86. The molecule has 0 bridgehead atoms. The van der Waals surface area contributed by atoms with E-state index in [4.69, 9.17) is 5.73 Å². The van der Waals surface area contributed by atoms with Crippen molar-refractivity contribution in [3.05, 3.63) is 41.2 Å². The monoisotopic (exact) mass is 271 g/mol. The fraction of sp³-hybridized carbons (Fsp3) is 0.333. The first kappa shape index (κ1) is 12.9. The van der Waals surface area contributed by atoms with Gasteiger partial charge in [0.2, 0.25) is 0 Å². The van der Waals surface area contributed by atoms with E-state index in [1.807, 2.05) is 35.8 Å². The molecular formula is C15H17N3O2. The minimum absolute atomic E-state index is 0.0930. The molecule has 0 saturated heterocycles. The van der Waals surface area contributed by atoms with E-state index in [2.05, 4.69) is 4.98 Å². The third-order valence-electron chi connectivity index (χ3n) is 3.84. The molecule has 0 fully saturated rings. The van der Waals surface area contributed by atoms with E-state index < -0.39 is 5.97 Å². The average molecular weight is 271 g/mol. The highest BCUT2D eigenvalue weighted by molar-refractivity contribution is 5.88. The number of carboxylic acid groups (broad SMARTS) is 1. The van der Waals surface area contributed by atoms with Crippen LogP contribution in [0.25, 0.3) is 11.4 Å². The molecule has 1 atom stereocenters. The second-order valence-corrected chi connectivity index (χ2v) is 5.19. The van der Waals surface area contributed by atoms with E-state index in [-0.39, 0.29) is 11.7 Å². The molecule has 3 N–H and O–H groups in total. The van der Waals surface area contributed by atoms with Gasteiger partial charge >= 0.3 is 5.97 Å². The van der Waals surface area contributed by atoms with E-state index in [0.29, 0.717) is 11.5 Å². The van der Waals surface area contributed by atoms with Crippen molar-refractivity contribution in [2.75, 3.05) is 0 Å². The Morgan fingerprint density at radius 2 is 2.20 bits per heavy atom. The molecule has 1 unspecified atom stereocenters. The van der Waals surface area contributed by atoms with Gasteiger partial charge in [0.15, 0.2) is 5.69 Å². The third-order valence-corrected chi connectivity index (χ3v) is 3.84. The van der Waals surface area contributed by atoms with Gasteiger partial charge in [0.25, 0.3) is 0 Å². The highest BCUT2D eigenvalue weighted by Gasteiger charge is 2.29. The van der Waals surface area contributed by atoms with Gasteiger partial charge in [-0.25, -0.2) is 9.78 Å². The summed E-state index contributed by atoms with van der Waals surface area (Å²) in [7, 11) is 0. The summed E-state index contributed by atoms with van der Waals surface area (Å²) in [6.45, 7) is 2.77. The van der Waals surface area contributed by atoms with Crippen molar-refractivity contribution < 1.29 is 9.90 Å². The summed E-state index contributed by atoms with van der Waals surface area (Å²) in [6, 6.07) is 7.62. The lowest BCUT2D eigenvalue weighted by molar-refractivity contribution is 0.0688. The number of imidazole rings is 1. The second kappa shape index (κ2) is 4.76. The molecule has 1 aromatic heterocycles. The molecule has 20 heavy (non-hydrogen) atoms. The topological polar surface area (TPSA) is 81.1 Å². The number of nitrogens with zero attached hydrogens (tertiary/aromatic N) is 2. The molecule has 1 aliphatic rings. The van der Waals surface area contributed by atoms with Gasteiger partial charge in [-0.05, 0) is 25.3 Å². The Kier molecular flexibility index (Phi) is 3.06. The molecule has 0 radical (unpaired) electrons. The maximum absolute atomic E-state index is 11.4. The Labute approximate surface area is 117 Å². The number of carbonyl (C=O) groups is 1. The standard InChI is InChI=1S/C15H17N3O2/c1-9-5-2-3-6-10(9)14-17-12(15(19)20)13-11(16)7-4-8-18(13)14/h2-3,5-6,11H,4,7-8,16H2,1H3,(H,19,20). The van der Waals surface area contributed by atoms with Crippen molar-refractivity contribution in [1.82, 2.24) is 9.55 Å². The van der Waals surface area contributed by atoms with Crippen molar-refractivity contribution in [3.63, 3.8) is 0 Å². The van der Waals surface area contributed by atoms with Crippen LogP contribution in [0.5, 0.6) is 0 Å². The molecule has 1 aromatic carbocycles. The molecule has 0 amide bonds. The number of aryl methyl sites for hydroxylation is 1. The first-order valence-electron chi connectivity index (χ1n) is 6.75. The number of carboxylic acids is 1. The molecule has 5 heteroatoms. The Bertz CT molecular complexity index is 676. The van der Waals surface area contributed by atoms with Gasteiger partial charge in [0.05, 0.1) is 5.69 Å². The van der Waals surface area contributed by atoms with Gasteiger partial charge in [-0.15, -0.1) is 0 Å². The molecule has 0 saturated carbocycles. The number of hydrogen-bond donors (Lipinski definition) is 2. The van der Waals surface area contributed by atoms with Gasteiger partial charge in [-0.2, -0.15) is 0 Å². The van der Waals surface area contributed by atoms with E-state index in [0.717, 1.165) is 30.5 Å². The van der Waals surface area contributed by atoms with Crippen molar-refractivity contribution in [2.45, 2.75) is 32.4 Å². The number of hydrogen-bond acceptors (Lipinski definition) is 3. The van der Waals surface area contributed by atoms with Gasteiger partial charge < -0.3 is 15.4 Å². The number of aromatic nitrogens is 2. The van der Waals surface area contributed by atoms with Crippen LogP contribution in [0.3, 0.4) is 0 Å².